The van der Waals surface area contributed by atoms with Gasteiger partial charge >= 0.3 is 6.09 Å². The van der Waals surface area contributed by atoms with E-state index in [0.717, 1.165) is 38.5 Å². The van der Waals surface area contributed by atoms with E-state index in [0.29, 0.717) is 18.9 Å². The summed E-state index contributed by atoms with van der Waals surface area (Å²) in [5.41, 5.74) is 4.02. The molecule has 4 amide bonds. The number of nitrogens with zero attached hydrogens (tertiary/aromatic N) is 1. The van der Waals surface area contributed by atoms with E-state index in [4.69, 9.17) is 10.5 Å². The molecule has 5 N–H and O–H groups in total. The number of carbonyl (C=O) groups is 4. The van der Waals surface area contributed by atoms with Gasteiger partial charge in [0.1, 0.15) is 17.7 Å². The number of primary amides is 1. The number of aliphatic hydroxyl groups is 1. The van der Waals surface area contributed by atoms with Crippen LogP contribution in [0, 0.1) is 23.2 Å². The minimum atomic E-state index is -1.49. The first-order valence-corrected chi connectivity index (χ1v) is 13.7. The number of nitrogens with two attached hydrogens (primary N) is 1. The molecular formula is C27H46N4O6. The first kappa shape index (κ1) is 29.2. The van der Waals surface area contributed by atoms with E-state index >= 15 is 0 Å². The van der Waals surface area contributed by atoms with Gasteiger partial charge in [0.25, 0.3) is 0 Å². The summed E-state index contributed by atoms with van der Waals surface area (Å²) in [7, 11) is 0. The Morgan fingerprint density at radius 2 is 1.62 bits per heavy atom. The lowest BCUT2D eigenvalue weighted by Gasteiger charge is -2.37. The van der Waals surface area contributed by atoms with Crippen molar-refractivity contribution in [3.63, 3.8) is 0 Å². The van der Waals surface area contributed by atoms with Crippen molar-refractivity contribution >= 4 is 23.8 Å². The number of amides is 4. The van der Waals surface area contributed by atoms with Crippen LogP contribution in [0.2, 0.25) is 0 Å². The van der Waals surface area contributed by atoms with Crippen molar-refractivity contribution in [1.29, 1.82) is 0 Å². The fraction of sp³-hybridized carbons (Fsp3) is 0.852. The van der Waals surface area contributed by atoms with Crippen molar-refractivity contribution in [2.75, 3.05) is 6.54 Å². The Morgan fingerprint density at radius 3 is 2.14 bits per heavy atom. The molecule has 0 spiro atoms. The molecule has 10 nitrogen and oxygen atoms in total. The Morgan fingerprint density at radius 1 is 1.00 bits per heavy atom. The molecule has 0 bridgehead atoms. The summed E-state index contributed by atoms with van der Waals surface area (Å²) in [6.07, 6.45) is 4.07. The number of likely N-dealkylation sites (tertiary alicyclic amines) is 1. The van der Waals surface area contributed by atoms with Crippen molar-refractivity contribution in [2.24, 2.45) is 28.9 Å². The third-order valence-corrected chi connectivity index (χ3v) is 8.03. The molecule has 0 aromatic carbocycles. The molecular weight excluding hydrogens is 476 g/mol. The normalized spacial score (nSPS) is 26.5. The Labute approximate surface area is 220 Å². The highest BCUT2D eigenvalue weighted by Gasteiger charge is 2.52. The first-order chi connectivity index (χ1) is 17.1. The monoisotopic (exact) mass is 522 g/mol. The fourth-order valence-corrected chi connectivity index (χ4v) is 5.93. The summed E-state index contributed by atoms with van der Waals surface area (Å²) in [6, 6.07) is -2.45. The zero-order valence-corrected chi connectivity index (χ0v) is 23.2. The van der Waals surface area contributed by atoms with Crippen molar-refractivity contribution in [3.05, 3.63) is 0 Å². The second kappa shape index (κ2) is 11.2. The van der Waals surface area contributed by atoms with Crippen LogP contribution in [0.15, 0.2) is 0 Å². The minimum absolute atomic E-state index is 0.0128. The number of fused-ring (bicyclic) bond motifs is 1. The molecule has 1 aliphatic heterocycles. The maximum atomic E-state index is 14.0. The second-order valence-corrected chi connectivity index (χ2v) is 13.2. The second-order valence-electron chi connectivity index (χ2n) is 13.2. The van der Waals surface area contributed by atoms with Gasteiger partial charge in [-0.15, -0.1) is 0 Å². The van der Waals surface area contributed by atoms with Crippen molar-refractivity contribution < 1.29 is 29.0 Å². The molecule has 0 radical (unpaired) electrons. The summed E-state index contributed by atoms with van der Waals surface area (Å²) >= 11 is 0. The van der Waals surface area contributed by atoms with E-state index in [1.165, 1.54) is 0 Å². The molecule has 3 fully saturated rings. The number of aliphatic hydroxyl groups excluding tert-OH is 1. The zero-order valence-electron chi connectivity index (χ0n) is 23.2. The standard InChI is InChI=1S/C27H46N4O6/c1-26(2,3)21(30-25(36)37-27(4,5)6)24(35)31-14-16-11-8-12-17(16)19(31)23(34)29-18(20(32)22(28)33)13-15-9-7-10-15/h15-21,32H,7-14H2,1-6H3,(H2,28,33)(H,29,34)(H,30,36)/t16-,17-,18?,19-,20?,21+/m0/s1. The predicted octanol–water partition coefficient (Wildman–Crippen LogP) is 2.07. The van der Waals surface area contributed by atoms with E-state index < -0.39 is 47.2 Å². The van der Waals surface area contributed by atoms with Crippen molar-refractivity contribution in [3.8, 4) is 0 Å². The average Bonchev–Trinajstić information content (AvgIpc) is 3.31. The largest absolute Gasteiger partial charge is 0.444 e. The number of hydrogen-bond acceptors (Lipinski definition) is 6. The summed E-state index contributed by atoms with van der Waals surface area (Å²) in [4.78, 5) is 53.7. The van der Waals surface area contributed by atoms with E-state index in [-0.39, 0.29) is 23.7 Å². The Bertz CT molecular complexity index is 875. The molecule has 37 heavy (non-hydrogen) atoms. The van der Waals surface area contributed by atoms with Gasteiger partial charge in [-0.05, 0) is 63.2 Å². The molecule has 1 heterocycles. The lowest BCUT2D eigenvalue weighted by atomic mass is 9.79. The quantitative estimate of drug-likeness (QED) is 0.383. The van der Waals surface area contributed by atoms with E-state index in [1.54, 1.807) is 25.7 Å². The van der Waals surface area contributed by atoms with Crippen LogP contribution in [0.5, 0.6) is 0 Å². The van der Waals surface area contributed by atoms with E-state index in [2.05, 4.69) is 10.6 Å². The van der Waals surface area contributed by atoms with Crippen LogP contribution in [0.3, 0.4) is 0 Å². The average molecular weight is 523 g/mol. The molecule has 2 unspecified atom stereocenters. The van der Waals surface area contributed by atoms with Crippen LogP contribution in [-0.4, -0.2) is 70.2 Å². The van der Waals surface area contributed by atoms with Crippen LogP contribution in [0.4, 0.5) is 4.79 Å². The highest BCUT2D eigenvalue weighted by molar-refractivity contribution is 5.93. The molecule has 3 aliphatic rings. The third-order valence-electron chi connectivity index (χ3n) is 8.03. The third kappa shape index (κ3) is 7.15. The van der Waals surface area contributed by atoms with Crippen LogP contribution in [-0.2, 0) is 19.1 Å². The number of hydrogen-bond donors (Lipinski definition) is 4. The number of alkyl carbamates (subject to hydrolysis) is 1. The van der Waals surface area contributed by atoms with Crippen molar-refractivity contribution in [2.45, 2.75) is 116 Å². The van der Waals surface area contributed by atoms with Gasteiger partial charge in [-0.1, -0.05) is 46.5 Å². The molecule has 2 aliphatic carbocycles. The SMILES string of the molecule is CC(C)(C)OC(=O)N[C@H](C(=O)N1C[C@@H]2CCC[C@@H]2[C@H]1C(=O)NC(CC1CCC1)C(O)C(N)=O)C(C)(C)C. The number of carbonyl (C=O) groups excluding carboxylic acids is 4. The number of rotatable bonds is 8. The van der Waals surface area contributed by atoms with Crippen molar-refractivity contribution in [1.82, 2.24) is 15.5 Å². The zero-order chi connectivity index (χ0) is 27.7. The van der Waals surface area contributed by atoms with Crippen LogP contribution >= 0.6 is 0 Å². The first-order valence-electron chi connectivity index (χ1n) is 13.7. The number of nitrogens with one attached hydrogen (secondary N) is 2. The highest BCUT2D eigenvalue weighted by Crippen LogP contribution is 2.43. The highest BCUT2D eigenvalue weighted by atomic mass is 16.6. The summed E-state index contributed by atoms with van der Waals surface area (Å²) in [5, 5.41) is 16.1. The minimum Gasteiger partial charge on any atom is -0.444 e. The van der Waals surface area contributed by atoms with Gasteiger partial charge in [-0.2, -0.15) is 0 Å². The molecule has 6 atom stereocenters. The van der Waals surface area contributed by atoms with Crippen LogP contribution in [0.25, 0.3) is 0 Å². The molecule has 3 rings (SSSR count). The molecule has 210 valence electrons. The maximum absolute atomic E-state index is 14.0. The summed E-state index contributed by atoms with van der Waals surface area (Å²) in [5.74, 6) is -1.09. The van der Waals surface area contributed by atoms with Gasteiger partial charge < -0.3 is 31.1 Å². The fourth-order valence-electron chi connectivity index (χ4n) is 5.93. The summed E-state index contributed by atoms with van der Waals surface area (Å²) in [6.45, 7) is 11.3. The number of ether oxygens (including phenoxy) is 1. The summed E-state index contributed by atoms with van der Waals surface area (Å²) < 4.78 is 5.41. The van der Waals surface area contributed by atoms with Crippen LogP contribution < -0.4 is 16.4 Å². The molecule has 0 aromatic rings. The Hall–Kier alpha value is -2.36. The van der Waals surface area contributed by atoms with Gasteiger partial charge in [0.15, 0.2) is 6.10 Å². The Kier molecular flexibility index (Phi) is 8.82. The van der Waals surface area contributed by atoms with Crippen LogP contribution in [0.1, 0.15) is 86.5 Å². The molecule has 1 saturated heterocycles. The lowest BCUT2D eigenvalue weighted by molar-refractivity contribution is -0.144. The van der Waals surface area contributed by atoms with E-state index in [9.17, 15) is 24.3 Å². The lowest BCUT2D eigenvalue weighted by Crippen LogP contribution is -2.60. The maximum Gasteiger partial charge on any atom is 0.408 e. The predicted molar refractivity (Wildman–Crippen MR) is 138 cm³/mol. The van der Waals surface area contributed by atoms with E-state index in [1.807, 2.05) is 20.8 Å². The molecule has 2 saturated carbocycles. The van der Waals surface area contributed by atoms with Gasteiger partial charge in [0.05, 0.1) is 6.04 Å². The van der Waals surface area contributed by atoms with Gasteiger partial charge in [0.2, 0.25) is 17.7 Å². The van der Waals surface area contributed by atoms with Gasteiger partial charge in [-0.25, -0.2) is 4.79 Å². The molecule has 0 aromatic heterocycles. The Balaban J connectivity index is 1.83. The smallest absolute Gasteiger partial charge is 0.408 e. The molecule has 10 heteroatoms. The van der Waals surface area contributed by atoms with Gasteiger partial charge in [-0.3, -0.25) is 14.4 Å². The topological polar surface area (TPSA) is 151 Å². The van der Waals surface area contributed by atoms with Gasteiger partial charge in [0, 0.05) is 6.54 Å².